The Balaban J connectivity index is 5.18. The van der Waals surface area contributed by atoms with Gasteiger partial charge in [-0.15, -0.1) is 0 Å². The van der Waals surface area contributed by atoms with E-state index in [-0.39, 0.29) is 25.7 Å². The zero-order chi connectivity index (χ0) is 66.8. The molecule has 0 amide bonds. The summed E-state index contributed by atoms with van der Waals surface area (Å²) in [5.74, 6) is -2.12. The van der Waals surface area contributed by atoms with E-state index in [2.05, 4.69) is 27.7 Å². The summed E-state index contributed by atoms with van der Waals surface area (Å²) >= 11 is 0. The number of esters is 4. The van der Waals surface area contributed by atoms with Crippen LogP contribution < -0.4 is 0 Å². The van der Waals surface area contributed by atoms with Gasteiger partial charge in [0.15, 0.2) is 12.2 Å². The molecule has 0 aromatic carbocycles. The minimum Gasteiger partial charge on any atom is -0.462 e. The van der Waals surface area contributed by atoms with Crippen LogP contribution >= 0.6 is 15.6 Å². The van der Waals surface area contributed by atoms with E-state index < -0.39 is 97.5 Å². The Bertz CT molecular complexity index is 1740. The minimum atomic E-state index is -4.95. The van der Waals surface area contributed by atoms with Crippen LogP contribution in [0.25, 0.3) is 0 Å². The molecule has 5 atom stereocenters. The van der Waals surface area contributed by atoms with Crippen LogP contribution in [0.2, 0.25) is 0 Å². The summed E-state index contributed by atoms with van der Waals surface area (Å²) in [6.07, 6.45) is 55.6. The van der Waals surface area contributed by atoms with Crippen LogP contribution in [0.1, 0.15) is 381 Å². The zero-order valence-corrected chi connectivity index (χ0v) is 60.6. The van der Waals surface area contributed by atoms with E-state index in [0.29, 0.717) is 25.7 Å². The Labute approximate surface area is 556 Å². The van der Waals surface area contributed by atoms with Crippen molar-refractivity contribution in [3.63, 3.8) is 0 Å². The Morgan fingerprint density at radius 1 is 0.264 bits per heavy atom. The van der Waals surface area contributed by atoms with Crippen LogP contribution in [0.5, 0.6) is 0 Å². The van der Waals surface area contributed by atoms with E-state index in [1.54, 1.807) is 0 Å². The van der Waals surface area contributed by atoms with Crippen molar-refractivity contribution in [3.8, 4) is 0 Å². The van der Waals surface area contributed by atoms with Crippen molar-refractivity contribution in [1.82, 2.24) is 0 Å². The molecule has 0 aliphatic rings. The van der Waals surface area contributed by atoms with E-state index in [1.807, 2.05) is 0 Å². The maximum atomic E-state index is 13.0. The molecule has 0 radical (unpaired) electrons. The average molecular weight is 1340 g/mol. The molecule has 19 heteroatoms. The molecule has 3 N–H and O–H groups in total. The lowest BCUT2D eigenvalue weighted by Crippen LogP contribution is -2.30. The van der Waals surface area contributed by atoms with Crippen LogP contribution in [-0.4, -0.2) is 96.7 Å². The minimum absolute atomic E-state index is 0.107. The molecule has 2 unspecified atom stereocenters. The number of carbonyl (C=O) groups is 4. The molecule has 540 valence electrons. The Hall–Kier alpha value is -1.94. The summed E-state index contributed by atoms with van der Waals surface area (Å²) in [5.41, 5.74) is 0. The molecule has 0 aromatic heterocycles. The summed E-state index contributed by atoms with van der Waals surface area (Å²) in [7, 11) is -9.89. The van der Waals surface area contributed by atoms with Gasteiger partial charge in [0.25, 0.3) is 0 Å². The predicted octanol–water partition coefficient (Wildman–Crippen LogP) is 21.1. The summed E-state index contributed by atoms with van der Waals surface area (Å²) < 4.78 is 68.2. The first-order valence-corrected chi connectivity index (χ1v) is 40.8. The van der Waals surface area contributed by atoms with Crippen molar-refractivity contribution in [2.24, 2.45) is 0 Å². The van der Waals surface area contributed by atoms with Crippen LogP contribution in [0.3, 0.4) is 0 Å². The van der Waals surface area contributed by atoms with Crippen molar-refractivity contribution in [3.05, 3.63) is 0 Å². The first kappa shape index (κ1) is 89.1. The first-order chi connectivity index (χ1) is 44.2. The molecular formula is C72H140O17P2. The molecule has 0 rings (SSSR count). The Morgan fingerprint density at radius 2 is 0.440 bits per heavy atom. The van der Waals surface area contributed by atoms with Gasteiger partial charge in [-0.3, -0.25) is 37.3 Å². The van der Waals surface area contributed by atoms with E-state index in [1.165, 1.54) is 199 Å². The average Bonchev–Trinajstić information content (AvgIpc) is 3.69. The van der Waals surface area contributed by atoms with Gasteiger partial charge in [0.1, 0.15) is 19.3 Å². The lowest BCUT2D eigenvalue weighted by Gasteiger charge is -2.21. The molecule has 17 nitrogen and oxygen atoms in total. The molecule has 0 heterocycles. The molecular weight excluding hydrogens is 1200 g/mol. The maximum absolute atomic E-state index is 13.0. The highest BCUT2D eigenvalue weighted by molar-refractivity contribution is 7.47. The van der Waals surface area contributed by atoms with Gasteiger partial charge in [0, 0.05) is 25.7 Å². The fourth-order valence-corrected chi connectivity index (χ4v) is 12.6. The zero-order valence-electron chi connectivity index (χ0n) is 58.8. The van der Waals surface area contributed by atoms with Gasteiger partial charge >= 0.3 is 39.5 Å². The topological polar surface area (TPSA) is 237 Å². The monoisotopic (exact) mass is 1340 g/mol. The molecule has 0 spiro atoms. The molecule has 0 bridgehead atoms. The van der Waals surface area contributed by atoms with Crippen molar-refractivity contribution in [2.75, 3.05) is 39.6 Å². The van der Waals surface area contributed by atoms with Crippen molar-refractivity contribution in [1.29, 1.82) is 0 Å². The standard InChI is InChI=1S/C72H140O17P2/c1-5-9-13-17-21-24-27-29-31-33-34-36-38-40-43-47-51-55-59-72(77)89-68(63-83-70(75)57-53-49-45-42-39-37-35-32-30-28-25-22-18-14-10-6-2)65-87-91(80,81)85-61-66(73)60-84-90(78,79)86-64-67(62-82-69(74)56-52-48-44-20-16-12-8-4)88-71(76)58-54-50-46-41-26-23-19-15-11-7-3/h66-68,73H,5-65H2,1-4H3,(H,78,79)(H,80,81)/t66-,67+,68+/m0/s1. The van der Waals surface area contributed by atoms with Crippen molar-refractivity contribution >= 4 is 39.5 Å². The SMILES string of the molecule is CCCCCCCCCCCCCCCCCCCCC(=O)O[C@H](COC(=O)CCCCCCCCCCCCCCCCCC)COP(=O)(O)OC[C@@H](O)COP(=O)(O)OC[C@@H](COC(=O)CCCCCCCCC)OC(=O)CCCCCCCCCCCC. The molecule has 0 saturated carbocycles. The smallest absolute Gasteiger partial charge is 0.462 e. The summed E-state index contributed by atoms with van der Waals surface area (Å²) in [6, 6.07) is 0. The number of carbonyl (C=O) groups excluding carboxylic acids is 4. The highest BCUT2D eigenvalue weighted by atomic mass is 31.2. The third-order valence-electron chi connectivity index (χ3n) is 16.9. The van der Waals surface area contributed by atoms with Gasteiger partial charge in [0.2, 0.25) is 0 Å². The second kappa shape index (κ2) is 66.7. The molecule has 0 aliphatic heterocycles. The first-order valence-electron chi connectivity index (χ1n) is 37.8. The fourth-order valence-electron chi connectivity index (χ4n) is 11.0. The van der Waals surface area contributed by atoms with Gasteiger partial charge in [0.05, 0.1) is 26.4 Å². The maximum Gasteiger partial charge on any atom is 0.472 e. The third-order valence-corrected chi connectivity index (χ3v) is 18.8. The van der Waals surface area contributed by atoms with Crippen molar-refractivity contribution in [2.45, 2.75) is 399 Å². The molecule has 91 heavy (non-hydrogen) atoms. The summed E-state index contributed by atoms with van der Waals surface area (Å²) in [4.78, 5) is 72.5. The second-order valence-corrected chi connectivity index (χ2v) is 28.9. The van der Waals surface area contributed by atoms with E-state index in [0.717, 1.165) is 103 Å². The van der Waals surface area contributed by atoms with E-state index in [4.69, 9.17) is 37.0 Å². The summed E-state index contributed by atoms with van der Waals surface area (Å²) in [6.45, 7) is 4.91. The van der Waals surface area contributed by atoms with E-state index >= 15 is 0 Å². The predicted molar refractivity (Wildman–Crippen MR) is 368 cm³/mol. The molecule has 0 aliphatic carbocycles. The van der Waals surface area contributed by atoms with Crippen LogP contribution in [-0.2, 0) is 65.4 Å². The Kier molecular flexibility index (Phi) is 65.2. The van der Waals surface area contributed by atoms with Crippen LogP contribution in [0.4, 0.5) is 0 Å². The number of hydrogen-bond donors (Lipinski definition) is 3. The molecule has 0 fully saturated rings. The number of hydrogen-bond acceptors (Lipinski definition) is 15. The van der Waals surface area contributed by atoms with Gasteiger partial charge in [-0.2, -0.15) is 0 Å². The fraction of sp³-hybridized carbons (Fsp3) is 0.944. The lowest BCUT2D eigenvalue weighted by molar-refractivity contribution is -0.161. The quantitative estimate of drug-likeness (QED) is 0.0222. The number of phosphoric ester groups is 2. The van der Waals surface area contributed by atoms with Gasteiger partial charge in [-0.25, -0.2) is 9.13 Å². The van der Waals surface area contributed by atoms with Crippen molar-refractivity contribution < 1.29 is 80.2 Å². The number of unbranched alkanes of at least 4 members (excludes halogenated alkanes) is 47. The lowest BCUT2D eigenvalue weighted by atomic mass is 10.0. The normalized spacial score (nSPS) is 14.0. The van der Waals surface area contributed by atoms with E-state index in [9.17, 15) is 43.2 Å². The van der Waals surface area contributed by atoms with Gasteiger partial charge < -0.3 is 33.8 Å². The largest absolute Gasteiger partial charge is 0.472 e. The van der Waals surface area contributed by atoms with Gasteiger partial charge in [-0.05, 0) is 25.7 Å². The Morgan fingerprint density at radius 3 is 0.648 bits per heavy atom. The highest BCUT2D eigenvalue weighted by Crippen LogP contribution is 2.45. The molecule has 0 saturated heterocycles. The van der Waals surface area contributed by atoms with Gasteiger partial charge in [-0.1, -0.05) is 329 Å². The number of ether oxygens (including phenoxy) is 4. The van der Waals surface area contributed by atoms with Crippen LogP contribution in [0.15, 0.2) is 0 Å². The number of aliphatic hydroxyl groups is 1. The third kappa shape index (κ3) is 66.5. The number of rotatable bonds is 73. The number of aliphatic hydroxyl groups excluding tert-OH is 1. The summed E-state index contributed by atoms with van der Waals surface area (Å²) in [5, 5.41) is 10.6. The highest BCUT2D eigenvalue weighted by Gasteiger charge is 2.30. The van der Waals surface area contributed by atoms with Crippen LogP contribution in [0, 0.1) is 0 Å². The number of phosphoric acid groups is 2. The second-order valence-electron chi connectivity index (χ2n) is 26.0. The molecule has 0 aromatic rings.